The van der Waals surface area contributed by atoms with Gasteiger partial charge >= 0.3 is 0 Å². The van der Waals surface area contributed by atoms with Gasteiger partial charge in [-0.2, -0.15) is 0 Å². The van der Waals surface area contributed by atoms with Crippen molar-refractivity contribution in [3.05, 3.63) is 23.3 Å². The van der Waals surface area contributed by atoms with Crippen LogP contribution in [0.1, 0.15) is 84.3 Å². The molecule has 7 aliphatic rings. The topological polar surface area (TPSA) is 52.9 Å². The Morgan fingerprint density at radius 2 is 1.88 bits per heavy atom. The van der Waals surface area contributed by atoms with E-state index in [-0.39, 0.29) is 33.7 Å². The van der Waals surface area contributed by atoms with Gasteiger partial charge < -0.3 is 14.9 Å². The summed E-state index contributed by atoms with van der Waals surface area (Å²) in [7, 11) is 0. The monoisotopic (exact) mass is 451 g/mol. The number of hydrogen-bond donors (Lipinski definition) is 2. The molecule has 1 unspecified atom stereocenters. The first-order valence-corrected chi connectivity index (χ1v) is 13.4. The lowest BCUT2D eigenvalue weighted by atomic mass is 9.31. The van der Waals surface area contributed by atoms with E-state index in [2.05, 4.69) is 45.6 Å². The second-order valence-corrected chi connectivity index (χ2v) is 14.1. The van der Waals surface area contributed by atoms with E-state index >= 15 is 0 Å². The van der Waals surface area contributed by atoms with Gasteiger partial charge in [-0.1, -0.05) is 33.8 Å². The van der Waals surface area contributed by atoms with Crippen molar-refractivity contribution in [1.29, 1.82) is 0 Å². The molecule has 5 aliphatic carbocycles. The number of aromatic hydroxyl groups is 1. The zero-order chi connectivity index (χ0) is 23.2. The molecule has 0 radical (unpaired) electrons. The number of piperidine rings is 1. The van der Waals surface area contributed by atoms with Gasteiger partial charge in [0, 0.05) is 34.4 Å². The third kappa shape index (κ3) is 2.23. The Balaban J connectivity index is 1.46. The number of phenolic OH excluding ortho intramolecular Hbond substituents is 1. The predicted octanol–water partition coefficient (Wildman–Crippen LogP) is 5.03. The maximum atomic E-state index is 12.1. The van der Waals surface area contributed by atoms with Crippen LogP contribution in [-0.2, 0) is 11.8 Å². The van der Waals surface area contributed by atoms with E-state index in [0.717, 1.165) is 43.9 Å². The number of hydrogen-bond acceptors (Lipinski definition) is 4. The van der Waals surface area contributed by atoms with Gasteiger partial charge in [-0.25, -0.2) is 0 Å². The molecule has 1 saturated heterocycles. The lowest BCUT2D eigenvalue weighted by Gasteiger charge is -2.75. The highest BCUT2D eigenvalue weighted by molar-refractivity contribution is 5.63. The van der Waals surface area contributed by atoms with E-state index in [4.69, 9.17) is 4.74 Å². The first-order valence-electron chi connectivity index (χ1n) is 13.4. The highest BCUT2D eigenvalue weighted by Crippen LogP contribution is 2.79. The number of ether oxygens (including phenoxy) is 1. The van der Waals surface area contributed by atoms with E-state index in [1.165, 1.54) is 36.9 Å². The lowest BCUT2D eigenvalue weighted by molar-refractivity contribution is -0.276. The maximum absolute atomic E-state index is 12.1. The highest BCUT2D eigenvalue weighted by Gasteiger charge is 2.80. The molecule has 8 rings (SSSR count). The van der Waals surface area contributed by atoms with Gasteiger partial charge in [-0.15, -0.1) is 0 Å². The maximum Gasteiger partial charge on any atom is 0.165 e. The summed E-state index contributed by atoms with van der Waals surface area (Å²) < 4.78 is 6.93. The molecular formula is C29H41NO3. The number of benzene rings is 1. The van der Waals surface area contributed by atoms with Crippen molar-refractivity contribution in [2.75, 3.05) is 13.1 Å². The number of fused-ring (bicyclic) bond motifs is 2. The third-order valence-corrected chi connectivity index (χ3v) is 12.0. The van der Waals surface area contributed by atoms with Crippen LogP contribution >= 0.6 is 0 Å². The van der Waals surface area contributed by atoms with Crippen molar-refractivity contribution in [3.63, 3.8) is 0 Å². The van der Waals surface area contributed by atoms with Crippen LogP contribution in [0.15, 0.2) is 12.1 Å². The molecule has 33 heavy (non-hydrogen) atoms. The summed E-state index contributed by atoms with van der Waals surface area (Å²) >= 11 is 0. The Kier molecular flexibility index (Phi) is 3.78. The van der Waals surface area contributed by atoms with Crippen LogP contribution in [0.2, 0.25) is 0 Å². The van der Waals surface area contributed by atoms with Crippen LogP contribution in [-0.4, -0.2) is 45.9 Å². The number of nitrogens with zero attached hydrogens (tertiary/aromatic N) is 1. The number of aliphatic hydroxyl groups is 1. The molecule has 4 nitrogen and oxygen atoms in total. The fraction of sp³-hybridized carbons (Fsp3) is 0.793. The molecule has 7 atom stereocenters. The minimum Gasteiger partial charge on any atom is -0.504 e. The van der Waals surface area contributed by atoms with Gasteiger partial charge in [-0.3, -0.25) is 4.90 Å². The smallest absolute Gasteiger partial charge is 0.165 e. The SMILES string of the molecule is CC(C)(C)[C@@](C)(O)C1C[C@@]23CC[C@@]1(C)[C@@H]1Oc4c(O)ccc5c4[C@@]12CCN(CC1CC1)[C@@H]3C5. The number of rotatable bonds is 3. The summed E-state index contributed by atoms with van der Waals surface area (Å²) in [5.74, 6) is 2.15. The Bertz CT molecular complexity index is 1040. The quantitative estimate of drug-likeness (QED) is 0.676. The van der Waals surface area contributed by atoms with Gasteiger partial charge in [0.2, 0.25) is 0 Å². The molecule has 2 heterocycles. The molecule has 4 heteroatoms. The Hall–Kier alpha value is -1.26. The van der Waals surface area contributed by atoms with Crippen molar-refractivity contribution < 1.29 is 14.9 Å². The van der Waals surface area contributed by atoms with Crippen molar-refractivity contribution >= 4 is 0 Å². The van der Waals surface area contributed by atoms with Crippen molar-refractivity contribution in [2.45, 2.75) is 103 Å². The molecule has 1 aromatic carbocycles. The molecule has 2 aliphatic heterocycles. The predicted molar refractivity (Wildman–Crippen MR) is 129 cm³/mol. The van der Waals surface area contributed by atoms with Crippen molar-refractivity contribution in [2.24, 2.45) is 28.1 Å². The molecule has 1 aromatic rings. The van der Waals surface area contributed by atoms with Gasteiger partial charge in [0.15, 0.2) is 11.5 Å². The molecule has 180 valence electrons. The molecule has 0 aromatic heterocycles. The summed E-state index contributed by atoms with van der Waals surface area (Å²) in [6.45, 7) is 13.5. The average molecular weight is 452 g/mol. The van der Waals surface area contributed by atoms with Crippen LogP contribution in [0.3, 0.4) is 0 Å². The summed E-state index contributed by atoms with van der Waals surface area (Å²) in [5.41, 5.74) is 1.77. The van der Waals surface area contributed by atoms with Crippen molar-refractivity contribution in [1.82, 2.24) is 4.90 Å². The fourth-order valence-electron chi connectivity index (χ4n) is 9.71. The molecule has 4 saturated carbocycles. The van der Waals surface area contributed by atoms with Crippen LogP contribution in [0.4, 0.5) is 0 Å². The van der Waals surface area contributed by atoms with Crippen LogP contribution < -0.4 is 4.74 Å². The van der Waals surface area contributed by atoms with Gasteiger partial charge in [0.05, 0.1) is 5.60 Å². The Morgan fingerprint density at radius 3 is 2.58 bits per heavy atom. The third-order valence-electron chi connectivity index (χ3n) is 12.0. The average Bonchev–Trinajstić information content (AvgIpc) is 3.48. The number of phenols is 1. The molecule has 5 fully saturated rings. The summed E-state index contributed by atoms with van der Waals surface area (Å²) in [6, 6.07) is 4.58. The number of likely N-dealkylation sites (tertiary alicyclic amines) is 1. The normalized spacial score (nSPS) is 44.8. The second-order valence-electron chi connectivity index (χ2n) is 14.1. The lowest BCUT2D eigenvalue weighted by Crippen LogP contribution is -2.80. The summed E-state index contributed by atoms with van der Waals surface area (Å²) in [4.78, 5) is 2.85. The zero-order valence-electron chi connectivity index (χ0n) is 21.1. The Morgan fingerprint density at radius 1 is 1.12 bits per heavy atom. The van der Waals surface area contributed by atoms with E-state index in [9.17, 15) is 10.2 Å². The molecule has 4 bridgehead atoms. The van der Waals surface area contributed by atoms with Crippen molar-refractivity contribution in [3.8, 4) is 11.5 Å². The second kappa shape index (κ2) is 5.93. The van der Waals surface area contributed by atoms with Gasteiger partial charge in [0.25, 0.3) is 0 Å². The largest absolute Gasteiger partial charge is 0.504 e. The molecule has 0 amide bonds. The molecule has 2 N–H and O–H groups in total. The minimum atomic E-state index is -0.785. The summed E-state index contributed by atoms with van der Waals surface area (Å²) in [5, 5.41) is 23.1. The summed E-state index contributed by atoms with van der Waals surface area (Å²) in [6.07, 6.45) is 8.42. The van der Waals surface area contributed by atoms with Crippen LogP contribution in [0.5, 0.6) is 11.5 Å². The first kappa shape index (κ1) is 21.1. The first-order chi connectivity index (χ1) is 15.5. The highest BCUT2D eigenvalue weighted by atomic mass is 16.5. The standard InChI is InChI=1S/C29H41NO3/c1-25(2,3)27(5,32)20-15-28-11-10-26(20,4)24-29(28)12-13-30(16-17-6-7-17)21(28)14-18-8-9-19(31)23(33-24)22(18)29/h8-9,17,20-21,24,31-32H,6-7,10-16H2,1-5H3/t20?,21-,24+,26-,27+,28-,29+/m1/s1. The molecular weight excluding hydrogens is 410 g/mol. The minimum absolute atomic E-state index is 0.0170. The van der Waals surface area contributed by atoms with E-state index < -0.39 is 5.60 Å². The van der Waals surface area contributed by atoms with E-state index in [1.807, 2.05) is 6.07 Å². The Labute approximate surface area is 198 Å². The zero-order valence-corrected chi connectivity index (χ0v) is 21.1. The molecule has 2 spiro atoms. The van der Waals surface area contributed by atoms with Crippen LogP contribution in [0.25, 0.3) is 0 Å². The van der Waals surface area contributed by atoms with Crippen LogP contribution in [0, 0.1) is 28.1 Å². The van der Waals surface area contributed by atoms with Gasteiger partial charge in [-0.05, 0) is 87.3 Å². The van der Waals surface area contributed by atoms with E-state index in [1.54, 1.807) is 0 Å². The van der Waals surface area contributed by atoms with Gasteiger partial charge in [0.1, 0.15) is 6.10 Å². The van der Waals surface area contributed by atoms with E-state index in [0.29, 0.717) is 11.8 Å². The fourth-order valence-corrected chi connectivity index (χ4v) is 9.71.